The van der Waals surface area contributed by atoms with Crippen LogP contribution in [0.3, 0.4) is 0 Å². The summed E-state index contributed by atoms with van der Waals surface area (Å²) in [5.41, 5.74) is 0. The molecular weight excluding hydrogens is 223 g/mol. The molecule has 0 aromatic rings. The second-order valence-electron chi connectivity index (χ2n) is 0. The molecule has 24 valence electrons. The van der Waals surface area contributed by atoms with Crippen molar-refractivity contribution in [3.8, 4) is 0 Å². The summed E-state index contributed by atoms with van der Waals surface area (Å²) in [5.74, 6) is 0. The van der Waals surface area contributed by atoms with Crippen LogP contribution in [0.25, 0.3) is 0 Å². The third-order valence-corrected chi connectivity index (χ3v) is 0. The zero-order chi connectivity index (χ0) is 0. The van der Waals surface area contributed by atoms with E-state index in [0.717, 1.165) is 0 Å². The van der Waals surface area contributed by atoms with Crippen LogP contribution in [-0.2, 0) is 43.3 Å². The summed E-state index contributed by atoms with van der Waals surface area (Å²) in [6.07, 6.45) is 0. The molecule has 0 amide bonds. The number of hydrogen-bond acceptors (Lipinski definition) is 0. The van der Waals surface area contributed by atoms with Gasteiger partial charge in [0.1, 0.15) is 0 Å². The van der Waals surface area contributed by atoms with Gasteiger partial charge in [-0.1, -0.05) is 0 Å². The van der Waals surface area contributed by atoms with E-state index < -0.39 is 0 Å². The minimum absolute atomic E-state index is 0. The summed E-state index contributed by atoms with van der Waals surface area (Å²) < 4.78 is 0. The van der Waals surface area contributed by atoms with Gasteiger partial charge in [0.2, 0.25) is 0 Å². The average molecular weight is 226 g/mol. The second-order valence-corrected chi connectivity index (χ2v) is 0. The third kappa shape index (κ3) is 8.88. The Hall–Kier alpha value is 2.95. The van der Waals surface area contributed by atoms with Crippen LogP contribution in [0, 0.1) is 0 Å². The number of halogens is 1. The molecule has 0 saturated heterocycles. The van der Waals surface area contributed by atoms with Gasteiger partial charge in [-0.05, 0) is 0 Å². The first kappa shape index (κ1) is 28.3. The summed E-state index contributed by atoms with van der Waals surface area (Å²) in [6.45, 7) is 0. The van der Waals surface area contributed by atoms with Gasteiger partial charge < -0.3 is 0 Å². The van der Waals surface area contributed by atoms with Crippen molar-refractivity contribution in [1.82, 2.24) is 0 Å². The first-order valence-corrected chi connectivity index (χ1v) is 0. The zero-order valence-corrected chi connectivity index (χ0v) is 5.64. The topological polar surface area (TPSA) is 0 Å². The summed E-state index contributed by atoms with van der Waals surface area (Å²) in [7, 11) is 0. The van der Waals surface area contributed by atoms with E-state index in [-0.39, 0.29) is 93.4 Å². The molecule has 0 rings (SSSR count). The molecule has 0 aliphatic heterocycles. The SMILES string of the molecule is Cl.[CaH2].[Fe].[Zr]. The first-order chi connectivity index (χ1) is 0. The van der Waals surface area contributed by atoms with E-state index in [0.29, 0.717) is 0 Å². The molecule has 0 unspecified atom stereocenters. The van der Waals surface area contributed by atoms with Crippen molar-refractivity contribution in [2.45, 2.75) is 0 Å². The molecule has 0 aliphatic carbocycles. The predicted molar refractivity (Wildman–Crippen MR) is 15.8 cm³/mol. The fraction of sp³-hybridized carbons (Fsp3) is 0. The molecule has 4 heteroatoms. The minimum Gasteiger partial charge on any atom is 0 e. The molecule has 0 atom stereocenters. The van der Waals surface area contributed by atoms with Crippen LogP contribution in [0.15, 0.2) is 0 Å². The van der Waals surface area contributed by atoms with Crippen LogP contribution in [0.1, 0.15) is 0 Å². The Morgan fingerprint density at radius 2 is 1.00 bits per heavy atom. The third-order valence-electron chi connectivity index (χ3n) is 0. The fourth-order valence-electron chi connectivity index (χ4n) is 0. The van der Waals surface area contributed by atoms with Crippen molar-refractivity contribution in [2.24, 2.45) is 0 Å². The van der Waals surface area contributed by atoms with Crippen LogP contribution < -0.4 is 0 Å². The molecule has 0 radical (unpaired) electrons. The van der Waals surface area contributed by atoms with Crippen molar-refractivity contribution in [1.29, 1.82) is 0 Å². The van der Waals surface area contributed by atoms with Crippen LogP contribution in [0.4, 0.5) is 0 Å². The molecule has 0 aromatic heterocycles. The first-order valence-electron chi connectivity index (χ1n) is 0. The van der Waals surface area contributed by atoms with E-state index in [2.05, 4.69) is 0 Å². The van der Waals surface area contributed by atoms with Crippen molar-refractivity contribution in [3.63, 3.8) is 0 Å². The summed E-state index contributed by atoms with van der Waals surface area (Å²) in [6, 6.07) is 0. The Balaban J connectivity index is 0. The molecule has 0 spiro atoms. The van der Waals surface area contributed by atoms with Gasteiger partial charge in [-0.2, -0.15) is 0 Å². The maximum atomic E-state index is 0. The van der Waals surface area contributed by atoms with Gasteiger partial charge >= 0.3 is 37.7 Å². The minimum atomic E-state index is 0. The average Bonchev–Trinajstić information content (AvgIpc) is 0. The Morgan fingerprint density at radius 3 is 1.00 bits per heavy atom. The van der Waals surface area contributed by atoms with E-state index in [9.17, 15) is 0 Å². The van der Waals surface area contributed by atoms with Crippen LogP contribution in [0.5, 0.6) is 0 Å². The number of hydrogen-bond donors (Lipinski definition) is 0. The molecular formula is H3CaClFeZr. The molecule has 0 heterocycles. The van der Waals surface area contributed by atoms with E-state index in [1.54, 1.807) is 0 Å². The van der Waals surface area contributed by atoms with Gasteiger partial charge in [0.25, 0.3) is 0 Å². The van der Waals surface area contributed by atoms with Crippen molar-refractivity contribution in [3.05, 3.63) is 0 Å². The molecule has 0 bridgehead atoms. The predicted octanol–water partition coefficient (Wildman–Crippen LogP) is -0.499. The Bertz CT molecular complexity index is 8.00. The van der Waals surface area contributed by atoms with Gasteiger partial charge in [0.15, 0.2) is 0 Å². The smallest absolute Gasteiger partial charge is 0 e. The van der Waals surface area contributed by atoms with E-state index in [1.165, 1.54) is 0 Å². The standard InChI is InChI=1S/Ca.ClH.Fe.Zr.2H/h;1H;;;;. The molecule has 0 saturated carbocycles. The maximum absolute atomic E-state index is 0. The normalized spacial score (nSPS) is 0. The molecule has 0 aromatic carbocycles. The summed E-state index contributed by atoms with van der Waals surface area (Å²) in [5, 5.41) is 0. The Morgan fingerprint density at radius 1 is 1.00 bits per heavy atom. The van der Waals surface area contributed by atoms with Crippen molar-refractivity contribution >= 4 is 50.1 Å². The monoisotopic (exact) mass is 224 g/mol. The summed E-state index contributed by atoms with van der Waals surface area (Å²) >= 11 is 0. The molecule has 0 N–H and O–H groups in total. The quantitative estimate of drug-likeness (QED) is 0.488. The van der Waals surface area contributed by atoms with E-state index in [1.807, 2.05) is 0 Å². The van der Waals surface area contributed by atoms with Crippen LogP contribution >= 0.6 is 12.4 Å². The van der Waals surface area contributed by atoms with Crippen molar-refractivity contribution in [2.75, 3.05) is 0 Å². The van der Waals surface area contributed by atoms with Gasteiger partial charge in [-0.15, -0.1) is 12.4 Å². The van der Waals surface area contributed by atoms with Crippen LogP contribution in [-0.4, -0.2) is 37.7 Å². The Kier molecular flexibility index (Phi) is 118. The largest absolute Gasteiger partial charge is 0 e. The van der Waals surface area contributed by atoms with Gasteiger partial charge in [-0.3, -0.25) is 0 Å². The maximum Gasteiger partial charge on any atom is 0 e. The van der Waals surface area contributed by atoms with Crippen molar-refractivity contribution < 1.29 is 43.3 Å². The fourth-order valence-corrected chi connectivity index (χ4v) is 0. The molecule has 0 aliphatic rings. The molecule has 4 heavy (non-hydrogen) atoms. The molecule has 0 fully saturated rings. The van der Waals surface area contributed by atoms with Gasteiger partial charge in [0, 0.05) is 43.3 Å². The second kappa shape index (κ2) is 16.7. The number of rotatable bonds is 0. The van der Waals surface area contributed by atoms with Gasteiger partial charge in [-0.25, -0.2) is 0 Å². The zero-order valence-electron chi connectivity index (χ0n) is 1.26. The van der Waals surface area contributed by atoms with Crippen LogP contribution in [0.2, 0.25) is 0 Å². The van der Waals surface area contributed by atoms with E-state index >= 15 is 0 Å². The Labute approximate surface area is 91.5 Å². The summed E-state index contributed by atoms with van der Waals surface area (Å²) in [4.78, 5) is 0. The van der Waals surface area contributed by atoms with E-state index in [4.69, 9.17) is 0 Å². The molecule has 0 nitrogen and oxygen atoms in total. The van der Waals surface area contributed by atoms with Gasteiger partial charge in [0.05, 0.1) is 0 Å².